The van der Waals surface area contributed by atoms with Crippen molar-refractivity contribution in [3.63, 3.8) is 0 Å². The summed E-state index contributed by atoms with van der Waals surface area (Å²) in [4.78, 5) is 12.4. The molecule has 8 nitrogen and oxygen atoms in total. The van der Waals surface area contributed by atoms with Crippen molar-refractivity contribution in [1.82, 2.24) is 10.2 Å². The van der Waals surface area contributed by atoms with Crippen molar-refractivity contribution in [2.24, 2.45) is 0 Å². The van der Waals surface area contributed by atoms with Crippen LogP contribution in [0.15, 0.2) is 54.6 Å². The fourth-order valence-corrected chi connectivity index (χ4v) is 2.72. The van der Waals surface area contributed by atoms with Gasteiger partial charge in [0.2, 0.25) is 0 Å². The zero-order valence-corrected chi connectivity index (χ0v) is 15.1. The average molecular weight is 378 g/mol. The summed E-state index contributed by atoms with van der Waals surface area (Å²) in [5.41, 5.74) is 1.54. The predicted octanol–water partition coefficient (Wildman–Crippen LogP) is 3.25. The van der Waals surface area contributed by atoms with E-state index >= 15 is 0 Å². The Morgan fingerprint density at radius 2 is 1.82 bits per heavy atom. The second-order valence-corrected chi connectivity index (χ2v) is 5.94. The molecule has 0 atom stereocenters. The van der Waals surface area contributed by atoms with Crippen LogP contribution in [0, 0.1) is 0 Å². The van der Waals surface area contributed by atoms with Crippen LogP contribution < -0.4 is 24.8 Å². The summed E-state index contributed by atoms with van der Waals surface area (Å²) in [5.74, 6) is 2.08. The van der Waals surface area contributed by atoms with Crippen LogP contribution in [0.25, 0.3) is 0 Å². The number of nitrogens with one attached hydrogen (secondary N) is 2. The second kappa shape index (κ2) is 7.83. The molecule has 2 heterocycles. The maximum Gasteiger partial charge on any atom is 0.276 e. The van der Waals surface area contributed by atoms with E-state index in [0.29, 0.717) is 42.0 Å². The number of rotatable bonds is 5. The fraction of sp³-hybridized carbons (Fsp3) is 0.150. The largest absolute Gasteiger partial charge is 0.495 e. The molecule has 142 valence electrons. The summed E-state index contributed by atoms with van der Waals surface area (Å²) in [6.07, 6.45) is 0. The lowest BCUT2D eigenvalue weighted by Gasteiger charge is -2.18. The number of methoxy groups -OCH3 is 1. The molecular formula is C20H18N4O4. The number of hydrogen-bond donors (Lipinski definition) is 2. The van der Waals surface area contributed by atoms with Crippen LogP contribution in [0.5, 0.6) is 17.2 Å². The van der Waals surface area contributed by atoms with Crippen molar-refractivity contribution in [2.45, 2.75) is 0 Å². The number of anilines is 3. The van der Waals surface area contributed by atoms with Gasteiger partial charge in [-0.05, 0) is 36.4 Å². The van der Waals surface area contributed by atoms with Crippen LogP contribution in [-0.2, 0) is 0 Å². The minimum atomic E-state index is -0.368. The van der Waals surface area contributed by atoms with Crippen molar-refractivity contribution in [1.29, 1.82) is 0 Å². The number of benzene rings is 2. The topological polar surface area (TPSA) is 94.6 Å². The Morgan fingerprint density at radius 3 is 2.61 bits per heavy atom. The van der Waals surface area contributed by atoms with E-state index in [1.165, 1.54) is 0 Å². The lowest BCUT2D eigenvalue weighted by molar-refractivity contribution is 0.102. The van der Waals surface area contributed by atoms with Crippen molar-refractivity contribution in [3.05, 3.63) is 60.3 Å². The summed E-state index contributed by atoms with van der Waals surface area (Å²) in [6, 6.07) is 16.0. The summed E-state index contributed by atoms with van der Waals surface area (Å²) >= 11 is 0. The highest BCUT2D eigenvalue weighted by molar-refractivity contribution is 6.03. The molecule has 28 heavy (non-hydrogen) atoms. The highest BCUT2D eigenvalue weighted by Gasteiger charge is 2.14. The molecule has 0 aliphatic carbocycles. The monoisotopic (exact) mass is 378 g/mol. The van der Waals surface area contributed by atoms with Gasteiger partial charge in [-0.25, -0.2) is 0 Å². The lowest BCUT2D eigenvalue weighted by atomic mass is 10.2. The standard InChI is InChI=1S/C20H18N4O4/c1-26-16-5-3-2-4-14(16)22-19-9-7-15(23-24-19)20(25)21-13-6-8-17-18(12-13)28-11-10-27-17/h2-9,12H,10-11H2,1H3,(H,21,25)(H,22,24). The van der Waals surface area contributed by atoms with Crippen molar-refractivity contribution in [3.8, 4) is 17.2 Å². The zero-order valence-electron chi connectivity index (χ0n) is 15.1. The van der Waals surface area contributed by atoms with Gasteiger partial charge in [-0.1, -0.05) is 12.1 Å². The highest BCUT2D eigenvalue weighted by Crippen LogP contribution is 2.32. The van der Waals surface area contributed by atoms with Gasteiger partial charge in [0.05, 0.1) is 12.8 Å². The van der Waals surface area contributed by atoms with E-state index in [-0.39, 0.29) is 11.6 Å². The second-order valence-electron chi connectivity index (χ2n) is 5.94. The van der Waals surface area contributed by atoms with E-state index in [4.69, 9.17) is 14.2 Å². The molecule has 8 heteroatoms. The third kappa shape index (κ3) is 3.80. The zero-order chi connectivity index (χ0) is 19.3. The first-order valence-electron chi connectivity index (χ1n) is 8.68. The minimum Gasteiger partial charge on any atom is -0.495 e. The predicted molar refractivity (Wildman–Crippen MR) is 104 cm³/mol. The van der Waals surface area contributed by atoms with Gasteiger partial charge < -0.3 is 24.8 Å². The number of ether oxygens (including phenoxy) is 3. The first-order valence-corrected chi connectivity index (χ1v) is 8.68. The molecule has 0 spiro atoms. The van der Waals surface area contributed by atoms with E-state index in [0.717, 1.165) is 5.69 Å². The summed E-state index contributed by atoms with van der Waals surface area (Å²) < 4.78 is 16.3. The van der Waals surface area contributed by atoms with E-state index < -0.39 is 0 Å². The van der Waals surface area contributed by atoms with Gasteiger partial charge in [0.25, 0.3) is 5.91 Å². The lowest BCUT2D eigenvalue weighted by Crippen LogP contribution is -2.17. The highest BCUT2D eigenvalue weighted by atomic mass is 16.6. The first kappa shape index (κ1) is 17.6. The van der Waals surface area contributed by atoms with Gasteiger partial charge in [-0.3, -0.25) is 4.79 Å². The molecule has 0 saturated carbocycles. The van der Waals surface area contributed by atoms with Crippen LogP contribution >= 0.6 is 0 Å². The third-order valence-corrected chi connectivity index (χ3v) is 4.07. The quantitative estimate of drug-likeness (QED) is 0.704. The van der Waals surface area contributed by atoms with Crippen LogP contribution in [0.1, 0.15) is 10.5 Å². The first-order chi connectivity index (χ1) is 13.7. The molecule has 0 bridgehead atoms. The maximum atomic E-state index is 12.4. The van der Waals surface area contributed by atoms with Gasteiger partial charge in [0.15, 0.2) is 23.0 Å². The molecule has 1 amide bonds. The number of nitrogens with zero attached hydrogens (tertiary/aromatic N) is 2. The Labute approximate surface area is 161 Å². The van der Waals surface area contributed by atoms with E-state index in [1.807, 2.05) is 24.3 Å². The van der Waals surface area contributed by atoms with Crippen LogP contribution in [-0.4, -0.2) is 36.4 Å². The Kier molecular flexibility index (Phi) is 4.92. The molecule has 3 aromatic rings. The number of carbonyl (C=O) groups excluding carboxylic acids is 1. The van der Waals surface area contributed by atoms with Gasteiger partial charge in [-0.2, -0.15) is 0 Å². The normalized spacial score (nSPS) is 12.2. The molecule has 2 aromatic carbocycles. The van der Waals surface area contributed by atoms with Crippen LogP contribution in [0.4, 0.5) is 17.2 Å². The summed E-state index contributed by atoms with van der Waals surface area (Å²) in [6.45, 7) is 1.00. The van der Waals surface area contributed by atoms with E-state index in [2.05, 4.69) is 20.8 Å². The Morgan fingerprint density at radius 1 is 1.00 bits per heavy atom. The number of para-hydroxylation sites is 2. The summed E-state index contributed by atoms with van der Waals surface area (Å²) in [5, 5.41) is 13.9. The molecule has 0 fully saturated rings. The SMILES string of the molecule is COc1ccccc1Nc1ccc(C(=O)Nc2ccc3c(c2)OCCO3)nn1. The van der Waals surface area contributed by atoms with Gasteiger partial charge in [0.1, 0.15) is 19.0 Å². The fourth-order valence-electron chi connectivity index (χ4n) is 2.72. The third-order valence-electron chi connectivity index (χ3n) is 4.07. The average Bonchev–Trinajstić information content (AvgIpc) is 2.74. The molecule has 0 radical (unpaired) electrons. The molecule has 0 saturated heterocycles. The number of fused-ring (bicyclic) bond motifs is 1. The van der Waals surface area contributed by atoms with Gasteiger partial charge >= 0.3 is 0 Å². The molecule has 4 rings (SSSR count). The van der Waals surface area contributed by atoms with Gasteiger partial charge in [0, 0.05) is 11.8 Å². The van der Waals surface area contributed by atoms with Crippen LogP contribution in [0.3, 0.4) is 0 Å². The summed E-state index contributed by atoms with van der Waals surface area (Å²) in [7, 11) is 1.59. The van der Waals surface area contributed by atoms with E-state index in [9.17, 15) is 4.79 Å². The molecule has 0 unspecified atom stereocenters. The molecular weight excluding hydrogens is 360 g/mol. The number of amides is 1. The maximum absolute atomic E-state index is 12.4. The Hall–Kier alpha value is -3.81. The number of hydrogen-bond acceptors (Lipinski definition) is 7. The molecule has 2 N–H and O–H groups in total. The van der Waals surface area contributed by atoms with Crippen LogP contribution in [0.2, 0.25) is 0 Å². The molecule has 1 aromatic heterocycles. The van der Waals surface area contributed by atoms with Crippen molar-refractivity contribution < 1.29 is 19.0 Å². The Bertz CT molecular complexity index is 992. The minimum absolute atomic E-state index is 0.195. The van der Waals surface area contributed by atoms with Crippen molar-refractivity contribution in [2.75, 3.05) is 31.0 Å². The molecule has 1 aliphatic rings. The number of aromatic nitrogens is 2. The number of carbonyl (C=O) groups is 1. The smallest absolute Gasteiger partial charge is 0.276 e. The van der Waals surface area contributed by atoms with Crippen molar-refractivity contribution >= 4 is 23.1 Å². The van der Waals surface area contributed by atoms with Gasteiger partial charge in [-0.15, -0.1) is 10.2 Å². The molecule has 1 aliphatic heterocycles. The van der Waals surface area contributed by atoms with E-state index in [1.54, 1.807) is 37.4 Å². The Balaban J connectivity index is 1.44.